The molecule has 6 nitrogen and oxygen atoms in total. The molecule has 1 atom stereocenters. The zero-order valence-corrected chi connectivity index (χ0v) is 11.7. The van der Waals surface area contributed by atoms with Crippen molar-refractivity contribution in [3.05, 3.63) is 0 Å². The fraction of sp³-hybridized carbons (Fsp3) is 0.846. The van der Waals surface area contributed by atoms with Gasteiger partial charge < -0.3 is 20.2 Å². The molecule has 0 aromatic heterocycles. The highest BCUT2D eigenvalue weighted by atomic mass is 16.3. The summed E-state index contributed by atoms with van der Waals surface area (Å²) in [6.45, 7) is 1.20. The number of amides is 3. The van der Waals surface area contributed by atoms with E-state index in [1.54, 1.807) is 19.0 Å². The Balaban J connectivity index is 1.90. The number of hydrogen-bond acceptors (Lipinski definition) is 3. The predicted octanol–water partition coefficient (Wildman–Crippen LogP) is 0.0211. The summed E-state index contributed by atoms with van der Waals surface area (Å²) in [6, 6.07) is -0.0409. The fourth-order valence-electron chi connectivity index (χ4n) is 2.48. The Morgan fingerprint density at radius 1 is 1.42 bits per heavy atom. The molecule has 0 radical (unpaired) electrons. The summed E-state index contributed by atoms with van der Waals surface area (Å²) in [5, 5.41) is 12.2. The largest absolute Gasteiger partial charge is 0.394 e. The summed E-state index contributed by atoms with van der Waals surface area (Å²) in [4.78, 5) is 27.3. The Morgan fingerprint density at radius 2 is 2.11 bits per heavy atom. The summed E-state index contributed by atoms with van der Waals surface area (Å²) < 4.78 is 0. The zero-order chi connectivity index (χ0) is 14.0. The van der Waals surface area contributed by atoms with Gasteiger partial charge in [0.1, 0.15) is 0 Å². The van der Waals surface area contributed by atoms with Gasteiger partial charge in [-0.05, 0) is 25.7 Å². The third-order valence-corrected chi connectivity index (χ3v) is 3.99. The average Bonchev–Trinajstić information content (AvgIpc) is 3.18. The second-order valence-corrected chi connectivity index (χ2v) is 5.89. The second kappa shape index (κ2) is 5.36. The van der Waals surface area contributed by atoms with Gasteiger partial charge in [0.25, 0.3) is 0 Å². The molecule has 2 N–H and O–H groups in total. The van der Waals surface area contributed by atoms with Gasteiger partial charge in [-0.15, -0.1) is 0 Å². The summed E-state index contributed by atoms with van der Waals surface area (Å²) in [5.41, 5.74) is -0.370. The van der Waals surface area contributed by atoms with Gasteiger partial charge in [-0.1, -0.05) is 0 Å². The van der Waals surface area contributed by atoms with Crippen LogP contribution in [0.2, 0.25) is 0 Å². The summed E-state index contributed by atoms with van der Waals surface area (Å²) >= 11 is 0. The van der Waals surface area contributed by atoms with Gasteiger partial charge in [0, 0.05) is 27.2 Å². The molecular formula is C13H23N3O3. The van der Waals surface area contributed by atoms with Gasteiger partial charge >= 0.3 is 6.03 Å². The molecule has 1 heterocycles. The Kier molecular flexibility index (Phi) is 3.99. The Hall–Kier alpha value is -1.30. The second-order valence-electron chi connectivity index (χ2n) is 5.89. The minimum Gasteiger partial charge on any atom is -0.394 e. The lowest BCUT2D eigenvalue weighted by atomic mass is 9.97. The van der Waals surface area contributed by atoms with Crippen LogP contribution in [0.25, 0.3) is 0 Å². The number of hydrogen-bond donors (Lipinski definition) is 2. The lowest BCUT2D eigenvalue weighted by Crippen LogP contribution is -2.51. The Labute approximate surface area is 113 Å². The molecule has 0 spiro atoms. The van der Waals surface area contributed by atoms with Crippen LogP contribution < -0.4 is 5.32 Å². The first-order chi connectivity index (χ1) is 8.97. The minimum atomic E-state index is -0.370. The number of piperidine rings is 1. The zero-order valence-electron chi connectivity index (χ0n) is 11.7. The number of aliphatic hydroxyl groups is 1. The van der Waals surface area contributed by atoms with E-state index in [2.05, 4.69) is 5.32 Å². The molecule has 2 fully saturated rings. The molecule has 1 saturated heterocycles. The van der Waals surface area contributed by atoms with Crippen molar-refractivity contribution >= 4 is 11.9 Å². The molecule has 108 valence electrons. The summed E-state index contributed by atoms with van der Waals surface area (Å²) in [5.74, 6) is -0.176. The van der Waals surface area contributed by atoms with Crippen LogP contribution in [0, 0.1) is 5.92 Å². The van der Waals surface area contributed by atoms with E-state index in [0.717, 1.165) is 25.7 Å². The first kappa shape index (κ1) is 14.1. The first-order valence-corrected chi connectivity index (χ1v) is 6.86. The molecule has 0 aromatic rings. The highest BCUT2D eigenvalue weighted by Gasteiger charge is 2.44. The Morgan fingerprint density at radius 3 is 2.63 bits per heavy atom. The maximum Gasteiger partial charge on any atom is 0.319 e. The Bertz CT molecular complexity index is 366. The highest BCUT2D eigenvalue weighted by Crippen LogP contribution is 2.35. The van der Waals surface area contributed by atoms with Crippen LogP contribution in [-0.2, 0) is 4.79 Å². The van der Waals surface area contributed by atoms with Crippen molar-refractivity contribution in [2.24, 2.45) is 5.92 Å². The lowest BCUT2D eigenvalue weighted by molar-refractivity contribution is -0.127. The fourth-order valence-corrected chi connectivity index (χ4v) is 2.48. The average molecular weight is 269 g/mol. The topological polar surface area (TPSA) is 72.9 Å². The molecular weight excluding hydrogens is 246 g/mol. The number of urea groups is 1. The summed E-state index contributed by atoms with van der Waals surface area (Å²) in [6.07, 6.45) is 3.36. The van der Waals surface area contributed by atoms with Crippen LogP contribution in [0.3, 0.4) is 0 Å². The van der Waals surface area contributed by atoms with Gasteiger partial charge in [-0.25, -0.2) is 4.79 Å². The number of carbonyl (C=O) groups excluding carboxylic acids is 2. The lowest BCUT2D eigenvalue weighted by Gasteiger charge is -2.34. The molecule has 1 unspecified atom stereocenters. The third-order valence-electron chi connectivity index (χ3n) is 3.99. The number of aliphatic hydroxyl groups excluding tert-OH is 1. The molecule has 0 aromatic carbocycles. The normalized spacial score (nSPS) is 24.8. The number of likely N-dealkylation sites (tertiary alicyclic amines) is 1. The van der Waals surface area contributed by atoms with Crippen LogP contribution in [0.5, 0.6) is 0 Å². The molecule has 2 rings (SSSR count). The van der Waals surface area contributed by atoms with Crippen LogP contribution >= 0.6 is 0 Å². The molecule has 1 aliphatic carbocycles. The molecule has 0 bridgehead atoms. The monoisotopic (exact) mass is 269 g/mol. The van der Waals surface area contributed by atoms with E-state index in [0.29, 0.717) is 13.1 Å². The van der Waals surface area contributed by atoms with E-state index in [-0.39, 0.29) is 30.0 Å². The summed E-state index contributed by atoms with van der Waals surface area (Å²) in [7, 11) is 3.44. The maximum atomic E-state index is 12.2. The quantitative estimate of drug-likeness (QED) is 0.758. The van der Waals surface area contributed by atoms with E-state index < -0.39 is 0 Å². The molecule has 3 amide bonds. The van der Waals surface area contributed by atoms with E-state index in [9.17, 15) is 14.7 Å². The van der Waals surface area contributed by atoms with E-state index >= 15 is 0 Å². The van der Waals surface area contributed by atoms with E-state index in [1.807, 2.05) is 0 Å². The van der Waals surface area contributed by atoms with Crippen molar-refractivity contribution in [2.45, 2.75) is 31.2 Å². The smallest absolute Gasteiger partial charge is 0.319 e. The van der Waals surface area contributed by atoms with Crippen LogP contribution in [0.4, 0.5) is 4.79 Å². The van der Waals surface area contributed by atoms with Crippen molar-refractivity contribution < 1.29 is 14.7 Å². The van der Waals surface area contributed by atoms with Gasteiger partial charge in [0.05, 0.1) is 18.1 Å². The van der Waals surface area contributed by atoms with E-state index in [4.69, 9.17) is 0 Å². The van der Waals surface area contributed by atoms with Crippen molar-refractivity contribution in [3.63, 3.8) is 0 Å². The van der Waals surface area contributed by atoms with Crippen molar-refractivity contribution in [1.29, 1.82) is 0 Å². The first-order valence-electron chi connectivity index (χ1n) is 6.86. The van der Waals surface area contributed by atoms with Crippen LogP contribution in [0.1, 0.15) is 25.7 Å². The number of nitrogens with zero attached hydrogens (tertiary/aromatic N) is 2. The predicted molar refractivity (Wildman–Crippen MR) is 70.6 cm³/mol. The molecule has 1 aliphatic heterocycles. The van der Waals surface area contributed by atoms with Crippen molar-refractivity contribution in [1.82, 2.24) is 15.1 Å². The van der Waals surface area contributed by atoms with E-state index in [1.165, 1.54) is 4.90 Å². The number of carbonyl (C=O) groups is 2. The third kappa shape index (κ3) is 3.18. The van der Waals surface area contributed by atoms with Crippen LogP contribution in [0.15, 0.2) is 0 Å². The standard InChI is InChI=1S/C13H23N3O3/c1-15(2)12(19)16-7-3-4-10(8-16)11(18)14-13(9-17)5-6-13/h10,17H,3-9H2,1-2H3,(H,14,18). The SMILES string of the molecule is CN(C)C(=O)N1CCCC(C(=O)NC2(CO)CC2)C1. The van der Waals surface area contributed by atoms with Crippen molar-refractivity contribution in [2.75, 3.05) is 33.8 Å². The van der Waals surface area contributed by atoms with Gasteiger partial charge in [0.15, 0.2) is 0 Å². The van der Waals surface area contributed by atoms with Gasteiger partial charge in [-0.3, -0.25) is 4.79 Å². The van der Waals surface area contributed by atoms with Crippen LogP contribution in [-0.4, -0.2) is 66.2 Å². The molecule has 1 saturated carbocycles. The molecule has 6 heteroatoms. The maximum absolute atomic E-state index is 12.2. The minimum absolute atomic E-state index is 0.00576. The number of rotatable bonds is 3. The highest BCUT2D eigenvalue weighted by molar-refractivity contribution is 5.81. The van der Waals surface area contributed by atoms with Gasteiger partial charge in [-0.2, -0.15) is 0 Å². The molecule has 2 aliphatic rings. The number of nitrogens with one attached hydrogen (secondary N) is 1. The molecule has 19 heavy (non-hydrogen) atoms. The van der Waals surface area contributed by atoms with Gasteiger partial charge in [0.2, 0.25) is 5.91 Å². The van der Waals surface area contributed by atoms with Crippen molar-refractivity contribution in [3.8, 4) is 0 Å².